The first kappa shape index (κ1) is 13.0. The van der Waals surface area contributed by atoms with Crippen LogP contribution in [0.25, 0.3) is 0 Å². The van der Waals surface area contributed by atoms with Crippen molar-refractivity contribution >= 4 is 11.8 Å². The molecule has 0 spiro atoms. The third-order valence-corrected chi connectivity index (χ3v) is 4.40. The van der Waals surface area contributed by atoms with Crippen molar-refractivity contribution in [1.29, 1.82) is 5.26 Å². The number of pyridine rings is 1. The van der Waals surface area contributed by atoms with E-state index in [-0.39, 0.29) is 0 Å². The van der Waals surface area contributed by atoms with Gasteiger partial charge >= 0.3 is 0 Å². The van der Waals surface area contributed by atoms with Crippen molar-refractivity contribution in [1.82, 2.24) is 15.0 Å². The maximum absolute atomic E-state index is 8.86. The van der Waals surface area contributed by atoms with Crippen molar-refractivity contribution in [3.63, 3.8) is 0 Å². The largest absolute Gasteiger partial charge is 0.347 e. The second kappa shape index (κ2) is 4.95. The number of rotatable bonds is 2. The molecule has 3 aliphatic rings. The lowest BCUT2D eigenvalue weighted by atomic mass is 9.87. The molecular weight excluding hydrogens is 276 g/mol. The smallest absolute Gasteiger partial charge is 0.225 e. The van der Waals surface area contributed by atoms with Crippen LogP contribution in [0.3, 0.4) is 0 Å². The molecule has 2 aromatic rings. The van der Waals surface area contributed by atoms with Gasteiger partial charge in [-0.15, -0.1) is 0 Å². The normalized spacial score (nSPS) is 22.9. The van der Waals surface area contributed by atoms with Crippen molar-refractivity contribution in [2.75, 3.05) is 22.9 Å². The molecule has 0 aromatic carbocycles. The Hall–Kier alpha value is -2.68. The van der Waals surface area contributed by atoms with E-state index in [9.17, 15) is 0 Å². The summed E-state index contributed by atoms with van der Waals surface area (Å²) in [5.41, 5.74) is 1.60. The van der Waals surface area contributed by atoms with Crippen LogP contribution >= 0.6 is 0 Å². The Labute approximate surface area is 129 Å². The minimum atomic E-state index is 0.447. The third-order valence-electron chi connectivity index (χ3n) is 4.40. The Bertz CT molecular complexity index is 723. The standard InChI is InChI=1S/C16H16N6/c1-11-4-5-18-16(20-11)21-9-13-6-14(10-21)22(13)15-3-2-12(7-17)8-19-15/h2-5,8,13-14H,6,9-10H2,1H3. The Morgan fingerprint density at radius 3 is 2.64 bits per heavy atom. The summed E-state index contributed by atoms with van der Waals surface area (Å²) in [6, 6.07) is 8.69. The lowest BCUT2D eigenvalue weighted by Crippen LogP contribution is -2.69. The van der Waals surface area contributed by atoms with E-state index in [1.54, 1.807) is 6.20 Å². The van der Waals surface area contributed by atoms with Crippen LogP contribution in [-0.2, 0) is 0 Å². The lowest BCUT2D eigenvalue weighted by molar-refractivity contribution is 0.286. The molecule has 3 saturated heterocycles. The van der Waals surface area contributed by atoms with E-state index >= 15 is 0 Å². The highest BCUT2D eigenvalue weighted by Gasteiger charge is 2.45. The molecule has 3 fully saturated rings. The van der Waals surface area contributed by atoms with Crippen LogP contribution in [0, 0.1) is 18.3 Å². The summed E-state index contributed by atoms with van der Waals surface area (Å²) < 4.78 is 0. The predicted octanol–water partition coefficient (Wildman–Crippen LogP) is 1.52. The van der Waals surface area contributed by atoms with E-state index in [1.807, 2.05) is 31.3 Å². The van der Waals surface area contributed by atoms with Gasteiger partial charge < -0.3 is 9.80 Å². The fourth-order valence-electron chi connectivity index (χ4n) is 3.34. The van der Waals surface area contributed by atoms with Crippen LogP contribution in [0.1, 0.15) is 17.7 Å². The molecule has 2 bridgehead atoms. The molecule has 0 amide bonds. The zero-order valence-electron chi connectivity index (χ0n) is 12.3. The first-order valence-electron chi connectivity index (χ1n) is 7.43. The Morgan fingerprint density at radius 1 is 1.18 bits per heavy atom. The zero-order valence-corrected chi connectivity index (χ0v) is 12.3. The minimum Gasteiger partial charge on any atom is -0.347 e. The van der Waals surface area contributed by atoms with E-state index in [4.69, 9.17) is 5.26 Å². The number of hydrogen-bond acceptors (Lipinski definition) is 6. The molecule has 5 heterocycles. The number of aromatic nitrogens is 3. The Balaban J connectivity index is 1.51. The molecule has 0 N–H and O–H groups in total. The molecule has 5 rings (SSSR count). The van der Waals surface area contributed by atoms with Gasteiger partial charge in [0.1, 0.15) is 11.9 Å². The van der Waals surface area contributed by atoms with Crippen LogP contribution in [0.15, 0.2) is 30.6 Å². The van der Waals surface area contributed by atoms with Gasteiger partial charge in [-0.3, -0.25) is 0 Å². The lowest BCUT2D eigenvalue weighted by Gasteiger charge is -2.56. The molecule has 22 heavy (non-hydrogen) atoms. The fourth-order valence-corrected chi connectivity index (χ4v) is 3.34. The van der Waals surface area contributed by atoms with E-state index in [0.717, 1.165) is 30.5 Å². The van der Waals surface area contributed by atoms with Crippen LogP contribution < -0.4 is 9.80 Å². The summed E-state index contributed by atoms with van der Waals surface area (Å²) in [5, 5.41) is 8.86. The Kier molecular flexibility index (Phi) is 2.93. The van der Waals surface area contributed by atoms with Gasteiger partial charge in [-0.05, 0) is 31.5 Å². The first-order valence-corrected chi connectivity index (χ1v) is 7.43. The quantitative estimate of drug-likeness (QED) is 0.836. The first-order chi connectivity index (χ1) is 10.7. The summed E-state index contributed by atoms with van der Waals surface area (Å²) in [6.07, 6.45) is 4.65. The van der Waals surface area contributed by atoms with Gasteiger partial charge in [0, 0.05) is 31.2 Å². The molecule has 3 aliphatic heterocycles. The van der Waals surface area contributed by atoms with Gasteiger partial charge in [-0.1, -0.05) is 0 Å². The van der Waals surface area contributed by atoms with Crippen molar-refractivity contribution in [3.8, 4) is 6.07 Å². The van der Waals surface area contributed by atoms with Crippen molar-refractivity contribution < 1.29 is 0 Å². The van der Waals surface area contributed by atoms with Gasteiger partial charge in [0.25, 0.3) is 0 Å². The molecule has 2 aromatic heterocycles. The highest BCUT2D eigenvalue weighted by atomic mass is 15.4. The summed E-state index contributed by atoms with van der Waals surface area (Å²) in [5.74, 6) is 1.78. The monoisotopic (exact) mass is 292 g/mol. The Morgan fingerprint density at radius 2 is 2.00 bits per heavy atom. The molecule has 2 atom stereocenters. The third kappa shape index (κ3) is 2.06. The number of piperazine rings is 1. The average molecular weight is 292 g/mol. The van der Waals surface area contributed by atoms with Gasteiger partial charge in [-0.25, -0.2) is 15.0 Å². The van der Waals surface area contributed by atoms with E-state index in [0.29, 0.717) is 17.6 Å². The summed E-state index contributed by atoms with van der Waals surface area (Å²) in [6.45, 7) is 3.83. The molecular formula is C16H16N6. The number of nitrogens with zero attached hydrogens (tertiary/aromatic N) is 6. The number of aryl methyl sites for hydroxylation is 1. The number of anilines is 2. The predicted molar refractivity (Wildman–Crippen MR) is 82.6 cm³/mol. The number of hydrogen-bond donors (Lipinski definition) is 0. The summed E-state index contributed by atoms with van der Waals surface area (Å²) >= 11 is 0. The second-order valence-corrected chi connectivity index (χ2v) is 5.87. The van der Waals surface area contributed by atoms with E-state index in [2.05, 4.69) is 30.8 Å². The molecule has 6 heteroatoms. The number of piperidine rings is 1. The minimum absolute atomic E-state index is 0.447. The van der Waals surface area contributed by atoms with Gasteiger partial charge in [-0.2, -0.15) is 5.26 Å². The van der Waals surface area contributed by atoms with Crippen LogP contribution in [-0.4, -0.2) is 40.1 Å². The van der Waals surface area contributed by atoms with Gasteiger partial charge in [0.15, 0.2) is 0 Å². The molecule has 0 radical (unpaired) electrons. The topological polar surface area (TPSA) is 68.9 Å². The molecule has 2 unspecified atom stereocenters. The molecule has 110 valence electrons. The van der Waals surface area contributed by atoms with E-state index in [1.165, 1.54) is 6.42 Å². The van der Waals surface area contributed by atoms with Gasteiger partial charge in [0.2, 0.25) is 5.95 Å². The van der Waals surface area contributed by atoms with E-state index < -0.39 is 0 Å². The maximum Gasteiger partial charge on any atom is 0.225 e. The molecule has 0 saturated carbocycles. The highest BCUT2D eigenvalue weighted by Crippen LogP contribution is 2.36. The fraction of sp³-hybridized carbons (Fsp3) is 0.375. The maximum atomic E-state index is 8.86. The molecule has 6 nitrogen and oxygen atoms in total. The van der Waals surface area contributed by atoms with Crippen molar-refractivity contribution in [3.05, 3.63) is 41.9 Å². The second-order valence-electron chi connectivity index (χ2n) is 5.87. The number of nitriles is 1. The van der Waals surface area contributed by atoms with Crippen LogP contribution in [0.4, 0.5) is 11.8 Å². The SMILES string of the molecule is Cc1ccnc(N2CC3CC(C2)N3c2ccc(C#N)cn2)n1. The average Bonchev–Trinajstić information content (AvgIpc) is 2.55. The zero-order chi connectivity index (χ0) is 15.1. The summed E-state index contributed by atoms with van der Waals surface area (Å²) in [4.78, 5) is 17.9. The number of fused-ring (bicyclic) bond motifs is 2. The summed E-state index contributed by atoms with van der Waals surface area (Å²) in [7, 11) is 0. The highest BCUT2D eigenvalue weighted by molar-refractivity contribution is 5.51. The van der Waals surface area contributed by atoms with Crippen molar-refractivity contribution in [2.24, 2.45) is 0 Å². The van der Waals surface area contributed by atoms with Crippen LogP contribution in [0.2, 0.25) is 0 Å². The van der Waals surface area contributed by atoms with Gasteiger partial charge in [0.05, 0.1) is 17.6 Å². The van der Waals surface area contributed by atoms with Crippen molar-refractivity contribution in [2.45, 2.75) is 25.4 Å². The van der Waals surface area contributed by atoms with Crippen LogP contribution in [0.5, 0.6) is 0 Å². The molecule has 0 aliphatic carbocycles.